The molecule has 2 aliphatic rings. The predicted molar refractivity (Wildman–Crippen MR) is 151 cm³/mol. The summed E-state index contributed by atoms with van der Waals surface area (Å²) in [4.78, 5) is 29.8. The summed E-state index contributed by atoms with van der Waals surface area (Å²) in [5, 5.41) is 6.56. The zero-order valence-electron chi connectivity index (χ0n) is 22.3. The first-order chi connectivity index (χ1) is 18.3. The molecule has 0 fully saturated rings. The molecule has 2 aromatic carbocycles. The van der Waals surface area contributed by atoms with E-state index in [1.807, 2.05) is 75.4 Å². The maximum Gasteiger partial charge on any atom is 0.254 e. The van der Waals surface area contributed by atoms with Gasteiger partial charge < -0.3 is 20.1 Å². The lowest BCUT2D eigenvalue weighted by molar-refractivity contribution is -0.116. The number of Topliss-reactive ketones (excluding diaryl/α,β-unsaturated/α-hetero) is 1. The van der Waals surface area contributed by atoms with Gasteiger partial charge in [0.2, 0.25) is 0 Å². The number of amides is 1. The SMILES string of the molecule is COc1ccc([C@@H]2CC(=O)C3=C(C2)NC(C)=C(C(=O)Nc2ccccc2C)[C@H]3c2ccc(C)s2)cc1OC. The lowest BCUT2D eigenvalue weighted by Gasteiger charge is -2.36. The Morgan fingerprint density at radius 1 is 0.974 bits per heavy atom. The number of carbonyl (C=O) groups is 2. The molecule has 1 amide bonds. The first kappa shape index (κ1) is 25.8. The average molecular weight is 529 g/mol. The van der Waals surface area contributed by atoms with Crippen molar-refractivity contribution in [3.63, 3.8) is 0 Å². The smallest absolute Gasteiger partial charge is 0.254 e. The number of benzene rings is 2. The van der Waals surface area contributed by atoms with Gasteiger partial charge in [-0.3, -0.25) is 9.59 Å². The fourth-order valence-electron chi connectivity index (χ4n) is 5.48. The Morgan fingerprint density at radius 2 is 1.74 bits per heavy atom. The number of methoxy groups -OCH3 is 2. The van der Waals surface area contributed by atoms with Crippen molar-refractivity contribution in [3.05, 3.63) is 98.0 Å². The van der Waals surface area contributed by atoms with Gasteiger partial charge in [0.25, 0.3) is 5.91 Å². The summed E-state index contributed by atoms with van der Waals surface area (Å²) in [7, 11) is 3.22. The van der Waals surface area contributed by atoms with Crippen LogP contribution in [0.2, 0.25) is 0 Å². The third-order valence-electron chi connectivity index (χ3n) is 7.39. The molecule has 0 spiro atoms. The molecule has 0 bridgehead atoms. The number of para-hydroxylation sites is 1. The summed E-state index contributed by atoms with van der Waals surface area (Å²) in [5.41, 5.74) is 5.72. The van der Waals surface area contributed by atoms with E-state index >= 15 is 0 Å². The van der Waals surface area contributed by atoms with Crippen molar-refractivity contribution in [3.8, 4) is 11.5 Å². The number of carbonyl (C=O) groups excluding carboxylic acids is 2. The number of hydrogen-bond acceptors (Lipinski definition) is 6. The van der Waals surface area contributed by atoms with E-state index in [2.05, 4.69) is 10.6 Å². The Labute approximate surface area is 227 Å². The van der Waals surface area contributed by atoms with Crippen LogP contribution in [0.15, 0.2) is 77.1 Å². The van der Waals surface area contributed by atoms with Gasteiger partial charge in [-0.25, -0.2) is 0 Å². The van der Waals surface area contributed by atoms with Crippen LogP contribution >= 0.6 is 11.3 Å². The van der Waals surface area contributed by atoms with E-state index in [9.17, 15) is 9.59 Å². The van der Waals surface area contributed by atoms with Gasteiger partial charge in [0.1, 0.15) is 0 Å². The molecule has 2 N–H and O–H groups in total. The van der Waals surface area contributed by atoms with Gasteiger partial charge in [-0.15, -0.1) is 11.3 Å². The minimum atomic E-state index is -0.409. The summed E-state index contributed by atoms with van der Waals surface area (Å²) in [6.07, 6.45) is 1.03. The Kier molecular flexibility index (Phi) is 7.13. The Balaban J connectivity index is 1.53. The summed E-state index contributed by atoms with van der Waals surface area (Å²) in [6, 6.07) is 17.6. The van der Waals surface area contributed by atoms with Gasteiger partial charge in [0.05, 0.1) is 20.1 Å². The molecule has 3 aromatic rings. The number of anilines is 1. The maximum absolute atomic E-state index is 13.9. The van der Waals surface area contributed by atoms with Crippen LogP contribution in [0.3, 0.4) is 0 Å². The molecular weight excluding hydrogens is 496 g/mol. The highest BCUT2D eigenvalue weighted by Gasteiger charge is 2.41. The topological polar surface area (TPSA) is 76.7 Å². The third kappa shape index (κ3) is 4.74. The van der Waals surface area contributed by atoms with Crippen LogP contribution in [0.1, 0.15) is 52.5 Å². The molecule has 0 saturated heterocycles. The van der Waals surface area contributed by atoms with Crippen molar-refractivity contribution in [1.29, 1.82) is 0 Å². The number of ether oxygens (including phenoxy) is 2. The van der Waals surface area contributed by atoms with Crippen LogP contribution in [0.5, 0.6) is 11.5 Å². The molecule has 38 heavy (non-hydrogen) atoms. The Bertz CT molecular complexity index is 1480. The van der Waals surface area contributed by atoms with Gasteiger partial charge >= 0.3 is 0 Å². The van der Waals surface area contributed by atoms with Gasteiger partial charge in [-0.05, 0) is 74.6 Å². The van der Waals surface area contributed by atoms with Crippen molar-refractivity contribution in [2.24, 2.45) is 0 Å². The Morgan fingerprint density at radius 3 is 2.42 bits per heavy atom. The molecular formula is C31H32N2O4S. The van der Waals surface area contributed by atoms with Crippen molar-refractivity contribution in [2.45, 2.75) is 45.4 Å². The largest absolute Gasteiger partial charge is 0.493 e. The van der Waals surface area contributed by atoms with E-state index in [-0.39, 0.29) is 17.6 Å². The van der Waals surface area contributed by atoms with Gasteiger partial charge in [0.15, 0.2) is 17.3 Å². The van der Waals surface area contributed by atoms with E-state index in [4.69, 9.17) is 9.47 Å². The molecule has 0 saturated carbocycles. The van der Waals surface area contributed by atoms with Crippen molar-refractivity contribution in [1.82, 2.24) is 5.32 Å². The van der Waals surface area contributed by atoms with Crippen LogP contribution in [0.25, 0.3) is 0 Å². The summed E-state index contributed by atoms with van der Waals surface area (Å²) < 4.78 is 10.9. The molecule has 2 atom stereocenters. The fraction of sp³-hybridized carbons (Fsp3) is 0.290. The fourth-order valence-corrected chi connectivity index (χ4v) is 6.48. The minimum Gasteiger partial charge on any atom is -0.493 e. The van der Waals surface area contributed by atoms with Crippen LogP contribution in [0, 0.1) is 13.8 Å². The summed E-state index contributed by atoms with van der Waals surface area (Å²) in [5.74, 6) is 0.754. The van der Waals surface area contributed by atoms with Crippen LogP contribution < -0.4 is 20.1 Å². The average Bonchev–Trinajstić information content (AvgIpc) is 3.34. The molecule has 7 heteroatoms. The Hall–Kier alpha value is -3.84. The predicted octanol–water partition coefficient (Wildman–Crippen LogP) is 6.38. The molecule has 5 rings (SSSR count). The molecule has 6 nitrogen and oxygen atoms in total. The lowest BCUT2D eigenvalue weighted by atomic mass is 9.73. The highest BCUT2D eigenvalue weighted by molar-refractivity contribution is 7.12. The monoisotopic (exact) mass is 528 g/mol. The molecule has 196 valence electrons. The zero-order valence-corrected chi connectivity index (χ0v) is 23.1. The van der Waals surface area contributed by atoms with E-state index in [1.54, 1.807) is 25.6 Å². The number of dihydropyridines is 1. The third-order valence-corrected chi connectivity index (χ3v) is 8.46. The number of allylic oxidation sites excluding steroid dienone is 3. The summed E-state index contributed by atoms with van der Waals surface area (Å²) in [6.45, 7) is 5.94. The number of hydrogen-bond donors (Lipinski definition) is 2. The van der Waals surface area contributed by atoms with Crippen LogP contribution in [-0.4, -0.2) is 25.9 Å². The highest BCUT2D eigenvalue weighted by Crippen LogP contribution is 2.47. The number of aryl methyl sites for hydroxylation is 2. The number of thiophene rings is 1. The van der Waals surface area contributed by atoms with Gasteiger partial charge in [-0.1, -0.05) is 24.3 Å². The van der Waals surface area contributed by atoms with Crippen molar-refractivity contribution >= 4 is 28.7 Å². The van der Waals surface area contributed by atoms with E-state index in [0.717, 1.165) is 38.0 Å². The molecule has 0 unspecified atom stereocenters. The van der Waals surface area contributed by atoms with Crippen LogP contribution in [0.4, 0.5) is 5.69 Å². The second kappa shape index (κ2) is 10.5. The van der Waals surface area contributed by atoms with Crippen molar-refractivity contribution < 1.29 is 19.1 Å². The second-order valence-electron chi connectivity index (χ2n) is 9.85. The quantitative estimate of drug-likeness (QED) is 0.388. The van der Waals surface area contributed by atoms with Crippen LogP contribution in [-0.2, 0) is 9.59 Å². The zero-order chi connectivity index (χ0) is 27.0. The van der Waals surface area contributed by atoms with E-state index < -0.39 is 5.92 Å². The van der Waals surface area contributed by atoms with Crippen molar-refractivity contribution in [2.75, 3.05) is 19.5 Å². The molecule has 0 radical (unpaired) electrons. The first-order valence-electron chi connectivity index (χ1n) is 12.7. The number of ketones is 1. The number of nitrogens with one attached hydrogen (secondary N) is 2. The van der Waals surface area contributed by atoms with Gasteiger partial charge in [0, 0.05) is 44.4 Å². The minimum absolute atomic E-state index is 0.00516. The standard InChI is InChI=1S/C31H32N2O4S/c1-17-8-6-7-9-22(17)33-31(35)28-19(3)32-23-14-21(20-11-12-25(36-4)26(16-20)37-5)15-24(34)29(23)30(28)27-13-10-18(2)38-27/h6-13,16,21,30,32H,14-15H2,1-5H3,(H,33,35)/t21-,30+/m0/s1. The number of rotatable bonds is 6. The van der Waals surface area contributed by atoms with Gasteiger partial charge in [-0.2, -0.15) is 0 Å². The van der Waals surface area contributed by atoms with E-state index in [1.165, 1.54) is 0 Å². The maximum atomic E-state index is 13.9. The molecule has 1 aromatic heterocycles. The highest BCUT2D eigenvalue weighted by atomic mass is 32.1. The second-order valence-corrected chi connectivity index (χ2v) is 11.2. The van der Waals surface area contributed by atoms with E-state index in [0.29, 0.717) is 35.5 Å². The summed E-state index contributed by atoms with van der Waals surface area (Å²) >= 11 is 1.63. The lowest BCUT2D eigenvalue weighted by Crippen LogP contribution is -2.36. The first-order valence-corrected chi connectivity index (χ1v) is 13.5. The normalized spacial score (nSPS) is 19.1. The molecule has 1 aliphatic carbocycles. The molecule has 2 heterocycles. The molecule has 1 aliphatic heterocycles.